The van der Waals surface area contributed by atoms with Gasteiger partial charge < -0.3 is 4.74 Å². The van der Waals surface area contributed by atoms with Crippen molar-refractivity contribution in [2.45, 2.75) is 0 Å². The summed E-state index contributed by atoms with van der Waals surface area (Å²) < 4.78 is 5.10. The summed E-state index contributed by atoms with van der Waals surface area (Å²) in [6.07, 6.45) is 2.35. The van der Waals surface area contributed by atoms with Gasteiger partial charge >= 0.3 is 0 Å². The number of nitrogens with zero attached hydrogens (tertiary/aromatic N) is 2. The smallest absolute Gasteiger partial charge is 0.258 e. The highest BCUT2D eigenvalue weighted by Gasteiger charge is 2.10. The van der Waals surface area contributed by atoms with E-state index in [9.17, 15) is 4.79 Å². The largest absolute Gasteiger partial charge is 0.379 e. The van der Waals surface area contributed by atoms with Gasteiger partial charge in [-0.3, -0.25) is 10.2 Å². The number of hydrazine groups is 1. The monoisotopic (exact) mass is 181 g/mol. The van der Waals surface area contributed by atoms with Crippen molar-refractivity contribution < 1.29 is 9.53 Å². The standard InChI is InChI=1S/C8H11N3O2/c9-3-1-2-8(12)10-11-4-6-13-7-5-11/h1-2H,4-7H2,(H,10,12). The molecule has 1 rings (SSSR count). The van der Waals surface area contributed by atoms with Crippen molar-refractivity contribution in [2.75, 3.05) is 26.3 Å². The molecule has 1 fully saturated rings. The Balaban J connectivity index is 2.27. The fourth-order valence-electron chi connectivity index (χ4n) is 0.981. The van der Waals surface area contributed by atoms with Crippen LogP contribution in [-0.4, -0.2) is 37.2 Å². The van der Waals surface area contributed by atoms with E-state index in [4.69, 9.17) is 10.00 Å². The van der Waals surface area contributed by atoms with E-state index >= 15 is 0 Å². The lowest BCUT2D eigenvalue weighted by Crippen LogP contribution is -2.47. The summed E-state index contributed by atoms with van der Waals surface area (Å²) >= 11 is 0. The first-order chi connectivity index (χ1) is 6.33. The van der Waals surface area contributed by atoms with Crippen LogP contribution in [0.2, 0.25) is 0 Å². The van der Waals surface area contributed by atoms with Crippen molar-refractivity contribution >= 4 is 5.91 Å². The normalized spacial score (nSPS) is 18.4. The number of hydrogen-bond acceptors (Lipinski definition) is 4. The first-order valence-corrected chi connectivity index (χ1v) is 4.02. The topological polar surface area (TPSA) is 65.4 Å². The maximum Gasteiger partial charge on any atom is 0.258 e. The number of carbonyl (C=O) groups is 1. The van der Waals surface area contributed by atoms with Crippen LogP contribution in [0.25, 0.3) is 0 Å². The molecule has 1 heterocycles. The molecule has 1 saturated heterocycles. The van der Waals surface area contributed by atoms with E-state index in [1.165, 1.54) is 6.08 Å². The van der Waals surface area contributed by atoms with E-state index in [0.717, 1.165) is 6.08 Å². The van der Waals surface area contributed by atoms with E-state index in [0.29, 0.717) is 26.3 Å². The van der Waals surface area contributed by atoms with Gasteiger partial charge in [-0.1, -0.05) is 0 Å². The summed E-state index contributed by atoms with van der Waals surface area (Å²) in [6.45, 7) is 2.63. The Morgan fingerprint density at radius 2 is 2.23 bits per heavy atom. The predicted octanol–water partition coefficient (Wildman–Crippen LogP) is -0.570. The van der Waals surface area contributed by atoms with Crippen molar-refractivity contribution in [1.82, 2.24) is 10.4 Å². The van der Waals surface area contributed by atoms with Crippen LogP contribution in [-0.2, 0) is 9.53 Å². The Labute approximate surface area is 76.5 Å². The fourth-order valence-corrected chi connectivity index (χ4v) is 0.981. The zero-order valence-electron chi connectivity index (χ0n) is 7.19. The summed E-state index contributed by atoms with van der Waals surface area (Å²) in [5, 5.41) is 9.94. The van der Waals surface area contributed by atoms with Gasteiger partial charge in [0.15, 0.2) is 0 Å². The Morgan fingerprint density at radius 3 is 2.85 bits per heavy atom. The minimum atomic E-state index is -0.275. The fraction of sp³-hybridized carbons (Fsp3) is 0.500. The molecule has 5 heteroatoms. The molecular weight excluding hydrogens is 170 g/mol. The Morgan fingerprint density at radius 1 is 1.54 bits per heavy atom. The molecule has 0 unspecified atom stereocenters. The van der Waals surface area contributed by atoms with Gasteiger partial charge in [0, 0.05) is 25.2 Å². The number of rotatable bonds is 2. The molecule has 0 saturated carbocycles. The lowest BCUT2D eigenvalue weighted by molar-refractivity contribution is -0.123. The average molecular weight is 181 g/mol. The van der Waals surface area contributed by atoms with Crippen LogP contribution in [0.5, 0.6) is 0 Å². The first kappa shape index (κ1) is 9.71. The van der Waals surface area contributed by atoms with Gasteiger partial charge in [-0.05, 0) is 0 Å². The third kappa shape index (κ3) is 3.69. The van der Waals surface area contributed by atoms with Gasteiger partial charge in [-0.2, -0.15) is 5.26 Å². The molecule has 13 heavy (non-hydrogen) atoms. The zero-order chi connectivity index (χ0) is 9.52. The molecule has 1 amide bonds. The van der Waals surface area contributed by atoms with Crippen molar-refractivity contribution in [3.8, 4) is 6.07 Å². The maximum atomic E-state index is 11.0. The Hall–Kier alpha value is -1.38. The van der Waals surface area contributed by atoms with Gasteiger partial charge in [0.1, 0.15) is 0 Å². The van der Waals surface area contributed by atoms with E-state index in [2.05, 4.69) is 5.43 Å². The summed E-state index contributed by atoms with van der Waals surface area (Å²) in [6, 6.07) is 1.75. The Kier molecular flexibility index (Phi) is 3.96. The molecule has 0 aromatic carbocycles. The zero-order valence-corrected chi connectivity index (χ0v) is 7.19. The highest BCUT2D eigenvalue weighted by atomic mass is 16.5. The Bertz CT molecular complexity index is 238. The lowest BCUT2D eigenvalue weighted by Gasteiger charge is -2.26. The van der Waals surface area contributed by atoms with Crippen LogP contribution in [0.3, 0.4) is 0 Å². The average Bonchev–Trinajstić information content (AvgIpc) is 2.16. The second-order valence-corrected chi connectivity index (χ2v) is 2.54. The molecule has 70 valence electrons. The minimum absolute atomic E-state index is 0.275. The molecule has 5 nitrogen and oxygen atoms in total. The SMILES string of the molecule is N#CC=CC(=O)NN1CCOCC1. The van der Waals surface area contributed by atoms with Crippen LogP contribution < -0.4 is 5.43 Å². The van der Waals surface area contributed by atoms with Gasteiger partial charge in [0.25, 0.3) is 5.91 Å². The van der Waals surface area contributed by atoms with Crippen LogP contribution in [0.15, 0.2) is 12.2 Å². The molecule has 0 aliphatic carbocycles. The number of morpholine rings is 1. The molecule has 0 aromatic heterocycles. The van der Waals surface area contributed by atoms with Crippen molar-refractivity contribution in [2.24, 2.45) is 0 Å². The highest BCUT2D eigenvalue weighted by Crippen LogP contribution is 1.91. The van der Waals surface area contributed by atoms with Gasteiger partial charge in [0.05, 0.1) is 19.3 Å². The molecule has 0 radical (unpaired) electrons. The van der Waals surface area contributed by atoms with Crippen LogP contribution in [0.4, 0.5) is 0 Å². The van der Waals surface area contributed by atoms with Gasteiger partial charge in [0.2, 0.25) is 0 Å². The number of carbonyl (C=O) groups excluding carboxylic acids is 1. The highest BCUT2D eigenvalue weighted by molar-refractivity contribution is 5.87. The second-order valence-electron chi connectivity index (χ2n) is 2.54. The van der Waals surface area contributed by atoms with Gasteiger partial charge in [-0.25, -0.2) is 5.01 Å². The van der Waals surface area contributed by atoms with E-state index < -0.39 is 0 Å². The number of nitriles is 1. The minimum Gasteiger partial charge on any atom is -0.379 e. The van der Waals surface area contributed by atoms with Gasteiger partial charge in [-0.15, -0.1) is 0 Å². The van der Waals surface area contributed by atoms with E-state index in [1.54, 1.807) is 11.1 Å². The summed E-state index contributed by atoms with van der Waals surface area (Å²) in [7, 11) is 0. The number of hydrogen-bond donors (Lipinski definition) is 1. The molecule has 0 bridgehead atoms. The van der Waals surface area contributed by atoms with Crippen LogP contribution in [0.1, 0.15) is 0 Å². The van der Waals surface area contributed by atoms with Crippen LogP contribution in [0, 0.1) is 11.3 Å². The van der Waals surface area contributed by atoms with Crippen molar-refractivity contribution in [1.29, 1.82) is 5.26 Å². The number of nitrogens with one attached hydrogen (secondary N) is 1. The van der Waals surface area contributed by atoms with Crippen LogP contribution >= 0.6 is 0 Å². The third-order valence-electron chi connectivity index (χ3n) is 1.59. The summed E-state index contributed by atoms with van der Waals surface area (Å²) in [5.41, 5.74) is 2.63. The van der Waals surface area contributed by atoms with Crippen molar-refractivity contribution in [3.63, 3.8) is 0 Å². The molecule has 0 spiro atoms. The third-order valence-corrected chi connectivity index (χ3v) is 1.59. The van der Waals surface area contributed by atoms with E-state index in [1.807, 2.05) is 0 Å². The molecule has 1 N–H and O–H groups in total. The molecular formula is C8H11N3O2. The first-order valence-electron chi connectivity index (χ1n) is 4.02. The quantitative estimate of drug-likeness (QED) is 0.457. The molecule has 1 aliphatic rings. The summed E-state index contributed by atoms with van der Waals surface area (Å²) in [5.74, 6) is -0.275. The van der Waals surface area contributed by atoms with Crippen molar-refractivity contribution in [3.05, 3.63) is 12.2 Å². The molecule has 0 atom stereocenters. The predicted molar refractivity (Wildman–Crippen MR) is 45.3 cm³/mol. The van der Waals surface area contributed by atoms with E-state index in [-0.39, 0.29) is 5.91 Å². The molecule has 0 aromatic rings. The maximum absolute atomic E-state index is 11.0. The number of allylic oxidation sites excluding steroid dienone is 1. The number of ether oxygens (including phenoxy) is 1. The summed E-state index contributed by atoms with van der Waals surface area (Å²) in [4.78, 5) is 11.0. The number of amides is 1. The molecule has 1 aliphatic heterocycles. The second kappa shape index (κ2) is 5.30. The lowest BCUT2D eigenvalue weighted by atomic mass is 10.5.